The third kappa shape index (κ3) is 8.76. The number of nitrogens with one attached hydrogen (secondary N) is 2. The molecule has 0 bridgehead atoms. The number of fused-ring (bicyclic) bond motifs is 8. The van der Waals surface area contributed by atoms with E-state index in [-0.39, 0.29) is 30.0 Å². The third-order valence-corrected chi connectivity index (χ3v) is 14.7. The van der Waals surface area contributed by atoms with Gasteiger partial charge in [-0.25, -0.2) is 19.9 Å². The summed E-state index contributed by atoms with van der Waals surface area (Å²) in [7, 11) is 0. The van der Waals surface area contributed by atoms with Crippen molar-refractivity contribution in [1.29, 1.82) is 0 Å². The number of rotatable bonds is 10. The molecule has 1 amide bonds. The fraction of sp³-hybridized carbons (Fsp3) is 0.417. The molecule has 1 fully saturated rings. The molecule has 0 spiro atoms. The van der Waals surface area contributed by atoms with E-state index < -0.39 is 5.97 Å². The van der Waals surface area contributed by atoms with Crippen LogP contribution in [0.5, 0.6) is 11.5 Å². The molecule has 4 aromatic heterocycles. The Morgan fingerprint density at radius 3 is 1.71 bits per heavy atom. The highest BCUT2D eigenvalue weighted by atomic mass is 32.1. The molecule has 65 heavy (non-hydrogen) atoms. The molecular formula is C48H51N9O6S2. The molecule has 1 saturated heterocycles. The van der Waals surface area contributed by atoms with Crippen LogP contribution in [0.25, 0.3) is 20.4 Å². The van der Waals surface area contributed by atoms with Crippen LogP contribution in [0.3, 0.4) is 0 Å². The molecule has 15 nitrogen and oxygen atoms in total. The van der Waals surface area contributed by atoms with E-state index in [2.05, 4.69) is 58.8 Å². The Kier molecular flexibility index (Phi) is 11.9. The minimum Gasteiger partial charge on any atom is -0.489 e. The Morgan fingerprint density at radius 2 is 1.22 bits per heavy atom. The molecule has 2 aromatic carbocycles. The fourth-order valence-corrected chi connectivity index (χ4v) is 11.8. The highest BCUT2D eigenvalue weighted by Crippen LogP contribution is 2.44. The summed E-state index contributed by atoms with van der Waals surface area (Å²) in [6.07, 6.45) is 11.4. The molecule has 2 unspecified atom stereocenters. The summed E-state index contributed by atoms with van der Waals surface area (Å²) in [5.74, 6) is 2.34. The number of amides is 1. The van der Waals surface area contributed by atoms with Crippen molar-refractivity contribution in [2.24, 2.45) is 21.8 Å². The molecule has 3 N–H and O–H groups in total. The number of aryl methyl sites for hydroxylation is 2. The first-order valence-electron chi connectivity index (χ1n) is 22.4. The van der Waals surface area contributed by atoms with E-state index in [1.807, 2.05) is 51.1 Å². The predicted molar refractivity (Wildman–Crippen MR) is 254 cm³/mol. The van der Waals surface area contributed by atoms with Gasteiger partial charge in [-0.2, -0.15) is 0 Å². The first-order valence-corrected chi connectivity index (χ1v) is 24.0. The molecule has 11 rings (SSSR count). The second-order valence-corrected chi connectivity index (χ2v) is 19.8. The van der Waals surface area contributed by atoms with Crippen molar-refractivity contribution >= 4 is 90.4 Å². The average molecular weight is 914 g/mol. The van der Waals surface area contributed by atoms with Crippen molar-refractivity contribution in [3.8, 4) is 11.5 Å². The fourth-order valence-electron chi connectivity index (χ4n) is 9.30. The number of benzene rings is 2. The van der Waals surface area contributed by atoms with Crippen LogP contribution in [0.4, 0.5) is 23.0 Å². The normalized spacial score (nSPS) is 18.3. The second kappa shape index (κ2) is 18.1. The van der Waals surface area contributed by atoms with Crippen molar-refractivity contribution in [2.45, 2.75) is 91.5 Å². The SMILES string of the molecule is CC(C)Oc1cc2c(cc1Nc1ncnc3sc4c(c13)CCC(C(=O)N1CCOCC1)C4)C=NC2.CC(C)Oc1cc2c(cc1Nc1ncnc3sc4c(c13)CCC(C(=O)O)C4)C=NC2. The van der Waals surface area contributed by atoms with Gasteiger partial charge in [-0.3, -0.25) is 19.6 Å². The zero-order valence-electron chi connectivity index (χ0n) is 36.8. The van der Waals surface area contributed by atoms with Crippen molar-refractivity contribution in [3.05, 3.63) is 80.1 Å². The van der Waals surface area contributed by atoms with Crippen LogP contribution in [0.1, 0.15) is 83.7 Å². The van der Waals surface area contributed by atoms with Crippen LogP contribution in [0, 0.1) is 11.8 Å². The number of ether oxygens (including phenoxy) is 3. The summed E-state index contributed by atoms with van der Waals surface area (Å²) < 4.78 is 17.6. The number of aromatic nitrogens is 4. The van der Waals surface area contributed by atoms with Crippen LogP contribution in [-0.2, 0) is 53.1 Å². The molecule has 0 saturated carbocycles. The zero-order valence-corrected chi connectivity index (χ0v) is 38.5. The number of carbonyl (C=O) groups is 2. The predicted octanol–water partition coefficient (Wildman–Crippen LogP) is 8.46. The number of hydrogen-bond acceptors (Lipinski definition) is 15. The lowest BCUT2D eigenvalue weighted by atomic mass is 9.86. The van der Waals surface area contributed by atoms with E-state index in [0.29, 0.717) is 52.2 Å². The Morgan fingerprint density at radius 1 is 0.723 bits per heavy atom. The minimum absolute atomic E-state index is 0.0278. The second-order valence-electron chi connectivity index (χ2n) is 17.6. The lowest BCUT2D eigenvalue weighted by Crippen LogP contribution is -2.44. The number of thiophene rings is 2. The molecule has 6 aromatic rings. The molecule has 7 heterocycles. The smallest absolute Gasteiger partial charge is 0.306 e. The Bertz CT molecular complexity index is 2880. The Labute approximate surface area is 384 Å². The van der Waals surface area contributed by atoms with Crippen LogP contribution >= 0.6 is 22.7 Å². The summed E-state index contributed by atoms with van der Waals surface area (Å²) in [5, 5.41) is 18.5. The minimum atomic E-state index is -0.724. The van der Waals surface area contributed by atoms with E-state index in [0.717, 1.165) is 102 Å². The molecule has 2 atom stereocenters. The maximum atomic E-state index is 13.1. The first-order chi connectivity index (χ1) is 31.6. The number of anilines is 4. The highest BCUT2D eigenvalue weighted by Gasteiger charge is 2.33. The number of nitrogens with zero attached hydrogens (tertiary/aromatic N) is 7. The number of morpholine rings is 1. The zero-order chi connectivity index (χ0) is 44.8. The highest BCUT2D eigenvalue weighted by molar-refractivity contribution is 7.19. The van der Waals surface area contributed by atoms with Gasteiger partial charge in [0.15, 0.2) is 0 Å². The van der Waals surface area contributed by atoms with Gasteiger partial charge in [0.1, 0.15) is 45.5 Å². The molecule has 3 aliphatic heterocycles. The van der Waals surface area contributed by atoms with Gasteiger partial charge in [0.25, 0.3) is 0 Å². The summed E-state index contributed by atoms with van der Waals surface area (Å²) in [6, 6.07) is 8.27. The molecule has 5 aliphatic rings. The third-order valence-electron chi connectivity index (χ3n) is 12.4. The van der Waals surface area contributed by atoms with E-state index in [9.17, 15) is 14.7 Å². The summed E-state index contributed by atoms with van der Waals surface area (Å²) >= 11 is 3.26. The quantitative estimate of drug-likeness (QED) is 0.119. The maximum absolute atomic E-state index is 13.1. The molecule has 2 aliphatic carbocycles. The Balaban J connectivity index is 0.000000155. The van der Waals surface area contributed by atoms with Gasteiger partial charge in [0.05, 0.1) is 66.6 Å². The number of carboxylic acid groups (broad SMARTS) is 1. The van der Waals surface area contributed by atoms with E-state index in [4.69, 9.17) is 14.2 Å². The van der Waals surface area contributed by atoms with Crippen LogP contribution in [-0.4, -0.2) is 92.8 Å². The monoisotopic (exact) mass is 913 g/mol. The van der Waals surface area contributed by atoms with Crippen LogP contribution in [0.15, 0.2) is 46.9 Å². The van der Waals surface area contributed by atoms with E-state index in [1.165, 1.54) is 21.6 Å². The molecule has 336 valence electrons. The topological polar surface area (TPSA) is 186 Å². The maximum Gasteiger partial charge on any atom is 0.306 e. The standard InChI is InChI=1S/C26H29N5O3S.C22H22N4O3S/c1-15(2)34-21-10-18-13-27-12-17(18)9-20(21)30-24-23-19-4-3-16(26(32)31-5-7-33-8-6-31)11-22(19)35-25(23)29-14-28-24;1-11(2)29-17-6-14-9-23-8-13(14)5-16(17)26-20-19-15-4-3-12(22(27)28)7-18(15)30-21(19)25-10-24-20/h9-10,12,14-16H,3-8,11,13H2,1-2H3,(H,28,29,30);5-6,8,10-12H,3-4,7,9H2,1-2H3,(H,27,28)(H,24,25,26). The van der Waals surface area contributed by atoms with Gasteiger partial charge in [-0.05, 0) is 124 Å². The van der Waals surface area contributed by atoms with Gasteiger partial charge in [-0.15, -0.1) is 22.7 Å². The summed E-state index contributed by atoms with van der Waals surface area (Å²) in [5.41, 5.74) is 8.66. The lowest BCUT2D eigenvalue weighted by Gasteiger charge is -2.32. The molecule has 17 heteroatoms. The number of hydrogen-bond donors (Lipinski definition) is 3. The Hall–Kier alpha value is -6.04. The van der Waals surface area contributed by atoms with Gasteiger partial charge in [0.2, 0.25) is 5.91 Å². The molecular weight excluding hydrogens is 863 g/mol. The number of aliphatic imine (C=N–C) groups is 2. The van der Waals surface area contributed by atoms with Crippen molar-refractivity contribution < 1.29 is 28.9 Å². The van der Waals surface area contributed by atoms with Gasteiger partial charge < -0.3 is 34.9 Å². The number of carbonyl (C=O) groups excluding carboxylic acids is 1. The van der Waals surface area contributed by atoms with Crippen molar-refractivity contribution in [2.75, 3.05) is 36.9 Å². The number of aliphatic carboxylic acids is 1. The van der Waals surface area contributed by atoms with Crippen LogP contribution < -0.4 is 20.1 Å². The van der Waals surface area contributed by atoms with Crippen molar-refractivity contribution in [1.82, 2.24) is 24.8 Å². The summed E-state index contributed by atoms with van der Waals surface area (Å²) in [4.78, 5) is 57.7. The number of carboxylic acids is 1. The average Bonchev–Trinajstić information content (AvgIpc) is 4.11. The summed E-state index contributed by atoms with van der Waals surface area (Å²) in [6.45, 7) is 12.1. The molecule has 0 radical (unpaired) electrons. The van der Waals surface area contributed by atoms with Crippen molar-refractivity contribution in [3.63, 3.8) is 0 Å². The van der Waals surface area contributed by atoms with Crippen LogP contribution in [0.2, 0.25) is 0 Å². The first kappa shape index (κ1) is 42.9. The van der Waals surface area contributed by atoms with E-state index in [1.54, 1.807) is 35.3 Å². The van der Waals surface area contributed by atoms with Gasteiger partial charge in [-0.1, -0.05) is 0 Å². The lowest BCUT2D eigenvalue weighted by molar-refractivity contribution is -0.142. The largest absolute Gasteiger partial charge is 0.489 e. The van der Waals surface area contributed by atoms with E-state index >= 15 is 0 Å². The van der Waals surface area contributed by atoms with Gasteiger partial charge >= 0.3 is 5.97 Å². The van der Waals surface area contributed by atoms with Gasteiger partial charge in [0, 0.05) is 41.2 Å².